The first-order valence-corrected chi connectivity index (χ1v) is 5.62. The lowest BCUT2D eigenvalue weighted by Crippen LogP contribution is -2.11. The Bertz CT molecular complexity index is 590. The molecule has 0 unspecified atom stereocenters. The molecule has 1 aliphatic rings. The highest BCUT2D eigenvalue weighted by Gasteiger charge is 2.17. The van der Waals surface area contributed by atoms with Crippen LogP contribution in [0.4, 0.5) is 23.0 Å². The third-order valence-corrected chi connectivity index (χ3v) is 2.77. The van der Waals surface area contributed by atoms with Crippen molar-refractivity contribution in [1.82, 2.24) is 9.97 Å². The molecular formula is C14H12N4. The average molecular weight is 236 g/mol. The standard InChI is InChI=1S/C14H12N4/c1-3-9-10(4-2)16-14-13(15-9)17-11-7-5-6-8-12(11)18-14/h3-8H,1-2H2,(H,15,17)(H,16,18). The number of fused-ring (bicyclic) bond motifs is 2. The van der Waals surface area contributed by atoms with Gasteiger partial charge in [-0.15, -0.1) is 0 Å². The number of aromatic nitrogens is 2. The zero-order valence-electron chi connectivity index (χ0n) is 9.77. The summed E-state index contributed by atoms with van der Waals surface area (Å²) >= 11 is 0. The fraction of sp³-hybridized carbons (Fsp3) is 0. The predicted octanol–water partition coefficient (Wildman–Crippen LogP) is 3.56. The minimum atomic E-state index is 0.703. The van der Waals surface area contributed by atoms with Crippen molar-refractivity contribution in [2.45, 2.75) is 0 Å². The Morgan fingerprint density at radius 2 is 1.28 bits per heavy atom. The minimum absolute atomic E-state index is 0.703. The van der Waals surface area contributed by atoms with Crippen LogP contribution in [0.5, 0.6) is 0 Å². The molecule has 0 spiro atoms. The topological polar surface area (TPSA) is 49.8 Å². The van der Waals surface area contributed by atoms with Crippen LogP contribution in [0, 0.1) is 0 Å². The van der Waals surface area contributed by atoms with Crippen molar-refractivity contribution in [3.8, 4) is 0 Å². The summed E-state index contributed by atoms with van der Waals surface area (Å²) < 4.78 is 0. The van der Waals surface area contributed by atoms with Gasteiger partial charge in [-0.1, -0.05) is 25.3 Å². The van der Waals surface area contributed by atoms with Crippen molar-refractivity contribution < 1.29 is 0 Å². The number of para-hydroxylation sites is 2. The van der Waals surface area contributed by atoms with Gasteiger partial charge in [-0.2, -0.15) is 0 Å². The Hall–Kier alpha value is -2.62. The fourth-order valence-electron chi connectivity index (χ4n) is 1.89. The maximum atomic E-state index is 4.48. The summed E-state index contributed by atoms with van der Waals surface area (Å²) in [5.74, 6) is 1.41. The zero-order chi connectivity index (χ0) is 12.5. The number of benzene rings is 1. The van der Waals surface area contributed by atoms with E-state index in [0.29, 0.717) is 11.6 Å². The molecule has 1 aliphatic heterocycles. The normalized spacial score (nSPS) is 11.6. The molecule has 88 valence electrons. The van der Waals surface area contributed by atoms with Crippen LogP contribution < -0.4 is 10.6 Å². The van der Waals surface area contributed by atoms with E-state index in [4.69, 9.17) is 0 Å². The van der Waals surface area contributed by atoms with Gasteiger partial charge in [0, 0.05) is 0 Å². The van der Waals surface area contributed by atoms with Crippen LogP contribution in [0.25, 0.3) is 12.2 Å². The van der Waals surface area contributed by atoms with Crippen molar-refractivity contribution in [1.29, 1.82) is 0 Å². The average Bonchev–Trinajstić information content (AvgIpc) is 2.43. The second kappa shape index (κ2) is 4.00. The summed E-state index contributed by atoms with van der Waals surface area (Å²) in [4.78, 5) is 8.95. The molecule has 2 aromatic rings. The summed E-state index contributed by atoms with van der Waals surface area (Å²) in [5.41, 5.74) is 3.41. The van der Waals surface area contributed by atoms with Gasteiger partial charge in [0.25, 0.3) is 0 Å². The van der Waals surface area contributed by atoms with Crippen molar-refractivity contribution >= 4 is 35.2 Å². The summed E-state index contributed by atoms with van der Waals surface area (Å²) in [6, 6.07) is 7.92. The van der Waals surface area contributed by atoms with Crippen LogP contribution >= 0.6 is 0 Å². The van der Waals surface area contributed by atoms with Crippen LogP contribution in [-0.4, -0.2) is 9.97 Å². The molecule has 4 nitrogen and oxygen atoms in total. The quantitative estimate of drug-likeness (QED) is 0.714. The molecule has 0 bridgehead atoms. The van der Waals surface area contributed by atoms with Crippen LogP contribution in [-0.2, 0) is 0 Å². The Morgan fingerprint density at radius 1 is 0.833 bits per heavy atom. The first kappa shape index (κ1) is 10.5. The van der Waals surface area contributed by atoms with Gasteiger partial charge in [-0.05, 0) is 24.3 Å². The van der Waals surface area contributed by atoms with Crippen LogP contribution in [0.3, 0.4) is 0 Å². The lowest BCUT2D eigenvalue weighted by Gasteiger charge is -2.21. The van der Waals surface area contributed by atoms with Gasteiger partial charge in [0.15, 0.2) is 11.6 Å². The third-order valence-electron chi connectivity index (χ3n) is 2.77. The van der Waals surface area contributed by atoms with Gasteiger partial charge in [-0.25, -0.2) is 9.97 Å². The van der Waals surface area contributed by atoms with E-state index in [1.807, 2.05) is 24.3 Å². The molecule has 0 fully saturated rings. The van der Waals surface area contributed by atoms with E-state index in [2.05, 4.69) is 33.8 Å². The molecule has 0 atom stereocenters. The van der Waals surface area contributed by atoms with Gasteiger partial charge in [-0.3, -0.25) is 0 Å². The van der Waals surface area contributed by atoms with E-state index in [1.165, 1.54) is 0 Å². The van der Waals surface area contributed by atoms with Gasteiger partial charge < -0.3 is 10.6 Å². The van der Waals surface area contributed by atoms with Crippen molar-refractivity contribution in [3.63, 3.8) is 0 Å². The molecule has 2 N–H and O–H groups in total. The SMILES string of the molecule is C=Cc1nc2c(nc1C=C)Nc1ccccc1N2. The van der Waals surface area contributed by atoms with E-state index in [0.717, 1.165) is 22.8 Å². The number of hydrogen-bond donors (Lipinski definition) is 2. The largest absolute Gasteiger partial charge is 0.335 e. The molecule has 0 aliphatic carbocycles. The number of nitrogens with one attached hydrogen (secondary N) is 2. The first-order chi connectivity index (χ1) is 8.81. The van der Waals surface area contributed by atoms with Gasteiger partial charge in [0.2, 0.25) is 0 Å². The fourth-order valence-corrected chi connectivity index (χ4v) is 1.89. The van der Waals surface area contributed by atoms with E-state index >= 15 is 0 Å². The Balaban J connectivity index is 2.13. The second-order valence-electron chi connectivity index (χ2n) is 3.90. The number of nitrogens with zero attached hydrogens (tertiary/aromatic N) is 2. The lowest BCUT2D eigenvalue weighted by molar-refractivity contribution is 1.15. The number of hydrogen-bond acceptors (Lipinski definition) is 4. The summed E-state index contributed by atoms with van der Waals surface area (Å²) in [6.45, 7) is 7.47. The molecule has 3 rings (SSSR count). The lowest BCUT2D eigenvalue weighted by atomic mass is 10.2. The van der Waals surface area contributed by atoms with E-state index in [9.17, 15) is 0 Å². The molecule has 0 saturated heterocycles. The van der Waals surface area contributed by atoms with Crippen molar-refractivity contribution in [2.75, 3.05) is 10.6 Å². The first-order valence-electron chi connectivity index (χ1n) is 5.62. The van der Waals surface area contributed by atoms with Crippen molar-refractivity contribution in [3.05, 3.63) is 48.8 Å². The molecule has 0 radical (unpaired) electrons. The minimum Gasteiger partial charge on any atom is -0.335 e. The summed E-state index contributed by atoms with van der Waals surface area (Å²) in [5, 5.41) is 6.50. The molecule has 4 heteroatoms. The molecule has 1 aromatic heterocycles. The summed E-state index contributed by atoms with van der Waals surface area (Å²) in [7, 11) is 0. The monoisotopic (exact) mass is 236 g/mol. The smallest absolute Gasteiger partial charge is 0.174 e. The van der Waals surface area contributed by atoms with Crippen molar-refractivity contribution in [2.24, 2.45) is 0 Å². The zero-order valence-corrected chi connectivity index (χ0v) is 9.77. The molecule has 0 saturated carbocycles. The Labute approximate surface area is 105 Å². The van der Waals surface area contributed by atoms with Crippen LogP contribution in [0.1, 0.15) is 11.4 Å². The van der Waals surface area contributed by atoms with Crippen LogP contribution in [0.2, 0.25) is 0 Å². The predicted molar refractivity (Wildman–Crippen MR) is 75.2 cm³/mol. The maximum Gasteiger partial charge on any atom is 0.174 e. The molecule has 0 amide bonds. The highest BCUT2D eigenvalue weighted by molar-refractivity contribution is 5.87. The van der Waals surface area contributed by atoms with Gasteiger partial charge in [0.05, 0.1) is 22.8 Å². The number of anilines is 4. The van der Waals surface area contributed by atoms with E-state index in [-0.39, 0.29) is 0 Å². The highest BCUT2D eigenvalue weighted by Crippen LogP contribution is 2.36. The second-order valence-corrected chi connectivity index (χ2v) is 3.90. The molecule has 1 aromatic carbocycles. The van der Waals surface area contributed by atoms with Gasteiger partial charge >= 0.3 is 0 Å². The van der Waals surface area contributed by atoms with E-state index < -0.39 is 0 Å². The third kappa shape index (κ3) is 1.55. The molecular weight excluding hydrogens is 224 g/mol. The summed E-state index contributed by atoms with van der Waals surface area (Å²) in [6.07, 6.45) is 3.35. The number of rotatable bonds is 2. The Morgan fingerprint density at radius 3 is 1.67 bits per heavy atom. The molecule has 18 heavy (non-hydrogen) atoms. The Kier molecular flexibility index (Phi) is 2.34. The highest BCUT2D eigenvalue weighted by atomic mass is 15.2. The van der Waals surface area contributed by atoms with Gasteiger partial charge in [0.1, 0.15) is 0 Å². The van der Waals surface area contributed by atoms with Crippen LogP contribution in [0.15, 0.2) is 37.4 Å². The van der Waals surface area contributed by atoms with E-state index in [1.54, 1.807) is 12.2 Å². The maximum absolute atomic E-state index is 4.48. The molecule has 2 heterocycles.